The molecule has 2 nitrogen and oxygen atoms in total. The number of nitrogens with zero attached hydrogens (tertiary/aromatic N) is 1. The van der Waals surface area contributed by atoms with Crippen molar-refractivity contribution in [2.45, 2.75) is 26.4 Å². The number of aromatic nitrogens is 1. The summed E-state index contributed by atoms with van der Waals surface area (Å²) in [5.41, 5.74) is 1.22. The maximum atomic E-state index is 13.6. The van der Waals surface area contributed by atoms with Gasteiger partial charge in [-0.25, -0.2) is 8.78 Å². The molecule has 108 valence electrons. The van der Waals surface area contributed by atoms with Crippen LogP contribution >= 0.6 is 0 Å². The Hall–Kier alpha value is -1.68. The molecule has 2 aromatic rings. The van der Waals surface area contributed by atoms with Crippen LogP contribution in [0.25, 0.3) is 0 Å². The van der Waals surface area contributed by atoms with Gasteiger partial charge < -0.3 is 9.88 Å². The summed E-state index contributed by atoms with van der Waals surface area (Å²) in [5.74, 6) is -0.565. The van der Waals surface area contributed by atoms with E-state index in [1.165, 1.54) is 18.2 Å². The normalized spacial score (nSPS) is 12.9. The molecule has 1 aromatic heterocycles. The second-order valence-corrected chi connectivity index (χ2v) is 5.33. The van der Waals surface area contributed by atoms with Crippen LogP contribution in [0.5, 0.6) is 0 Å². The number of benzene rings is 1. The maximum absolute atomic E-state index is 13.6. The van der Waals surface area contributed by atoms with Crippen LogP contribution in [-0.4, -0.2) is 11.6 Å². The van der Waals surface area contributed by atoms with E-state index < -0.39 is 11.6 Å². The van der Waals surface area contributed by atoms with Crippen LogP contribution < -0.4 is 5.32 Å². The van der Waals surface area contributed by atoms with Crippen LogP contribution in [0.1, 0.15) is 31.0 Å². The summed E-state index contributed by atoms with van der Waals surface area (Å²) < 4.78 is 29.1. The summed E-state index contributed by atoms with van der Waals surface area (Å²) in [7, 11) is 1.92. The molecule has 20 heavy (non-hydrogen) atoms. The summed E-state index contributed by atoms with van der Waals surface area (Å²) in [6.07, 6.45) is 3.79. The molecule has 1 N–H and O–H groups in total. The van der Waals surface area contributed by atoms with Crippen molar-refractivity contribution in [1.29, 1.82) is 0 Å². The molecule has 0 saturated heterocycles. The molecule has 0 aliphatic rings. The van der Waals surface area contributed by atoms with E-state index in [9.17, 15) is 8.78 Å². The second-order valence-electron chi connectivity index (χ2n) is 5.33. The summed E-state index contributed by atoms with van der Waals surface area (Å²) >= 11 is 0. The Kier molecular flexibility index (Phi) is 4.55. The van der Waals surface area contributed by atoms with Crippen molar-refractivity contribution >= 4 is 0 Å². The van der Waals surface area contributed by atoms with Crippen LogP contribution in [0.3, 0.4) is 0 Å². The Morgan fingerprint density at radius 3 is 2.35 bits per heavy atom. The second kappa shape index (κ2) is 6.18. The highest BCUT2D eigenvalue weighted by Crippen LogP contribution is 2.22. The van der Waals surface area contributed by atoms with Gasteiger partial charge in [-0.2, -0.15) is 0 Å². The molecule has 0 bridgehead atoms. The third-order valence-electron chi connectivity index (χ3n) is 3.51. The molecule has 1 heterocycles. The van der Waals surface area contributed by atoms with Gasteiger partial charge in [0.2, 0.25) is 0 Å². The van der Waals surface area contributed by atoms with Crippen molar-refractivity contribution in [1.82, 2.24) is 9.88 Å². The molecule has 0 fully saturated rings. The number of hydrogen-bond acceptors (Lipinski definition) is 1. The Morgan fingerprint density at radius 2 is 1.80 bits per heavy atom. The van der Waals surface area contributed by atoms with Crippen LogP contribution in [-0.2, 0) is 6.54 Å². The van der Waals surface area contributed by atoms with E-state index in [2.05, 4.69) is 19.2 Å². The quantitative estimate of drug-likeness (QED) is 0.881. The third-order valence-corrected chi connectivity index (χ3v) is 3.51. The molecule has 4 heteroatoms. The average Bonchev–Trinajstić information content (AvgIpc) is 2.83. The fourth-order valence-corrected chi connectivity index (χ4v) is 2.49. The fourth-order valence-electron chi connectivity index (χ4n) is 2.49. The molecule has 0 aliphatic carbocycles. The largest absolute Gasteiger partial charge is 0.349 e. The van der Waals surface area contributed by atoms with E-state index in [1.807, 2.05) is 30.1 Å². The number of nitrogens with one attached hydrogen (secondary N) is 1. The number of halogens is 2. The molecular weight excluding hydrogens is 258 g/mol. The topological polar surface area (TPSA) is 17.0 Å². The third kappa shape index (κ3) is 3.07. The predicted molar refractivity (Wildman–Crippen MR) is 76.5 cm³/mol. The maximum Gasteiger partial charge on any atom is 0.131 e. The lowest BCUT2D eigenvalue weighted by molar-refractivity contribution is 0.442. The monoisotopic (exact) mass is 278 g/mol. The first-order valence-electron chi connectivity index (χ1n) is 6.78. The van der Waals surface area contributed by atoms with Crippen LogP contribution in [0.4, 0.5) is 8.78 Å². The molecular formula is C16H20F2N2. The molecule has 0 radical (unpaired) electrons. The standard InChI is InChI=1S/C16H20F2N2/c1-11(2)16(19-3)12-7-8-20(9-12)10-13-14(17)5-4-6-15(13)18/h4-9,11,16,19H,10H2,1-3H3. The Bertz CT molecular complexity index is 555. The van der Waals surface area contributed by atoms with E-state index in [0.29, 0.717) is 5.92 Å². The lowest BCUT2D eigenvalue weighted by atomic mass is 9.99. The van der Waals surface area contributed by atoms with Gasteiger partial charge in [0.1, 0.15) is 11.6 Å². The summed E-state index contributed by atoms with van der Waals surface area (Å²) in [6, 6.07) is 6.17. The minimum atomic E-state index is -0.505. The zero-order valence-electron chi connectivity index (χ0n) is 12.0. The highest BCUT2D eigenvalue weighted by molar-refractivity contribution is 5.22. The van der Waals surface area contributed by atoms with Crippen molar-refractivity contribution < 1.29 is 8.78 Å². The summed E-state index contributed by atoms with van der Waals surface area (Å²) in [4.78, 5) is 0. The Morgan fingerprint density at radius 1 is 1.15 bits per heavy atom. The van der Waals surface area contributed by atoms with Gasteiger partial charge in [0.05, 0.1) is 6.54 Å². The van der Waals surface area contributed by atoms with Gasteiger partial charge in [-0.3, -0.25) is 0 Å². The fraction of sp³-hybridized carbons (Fsp3) is 0.375. The minimum Gasteiger partial charge on any atom is -0.349 e. The minimum absolute atomic E-state index is 0.0974. The molecule has 0 saturated carbocycles. The van der Waals surface area contributed by atoms with Crippen molar-refractivity contribution in [3.8, 4) is 0 Å². The molecule has 0 spiro atoms. The summed E-state index contributed by atoms with van der Waals surface area (Å²) in [5, 5.41) is 3.26. The average molecular weight is 278 g/mol. The van der Waals surface area contributed by atoms with Gasteiger partial charge in [0.25, 0.3) is 0 Å². The smallest absolute Gasteiger partial charge is 0.131 e. The highest BCUT2D eigenvalue weighted by Gasteiger charge is 2.15. The SMILES string of the molecule is CNC(c1ccn(Cc2c(F)cccc2F)c1)C(C)C. The first kappa shape index (κ1) is 14.7. The van der Waals surface area contributed by atoms with E-state index in [-0.39, 0.29) is 18.2 Å². The molecule has 2 rings (SSSR count). The molecule has 0 amide bonds. The van der Waals surface area contributed by atoms with Crippen molar-refractivity contribution in [2.24, 2.45) is 5.92 Å². The first-order valence-corrected chi connectivity index (χ1v) is 6.78. The lowest BCUT2D eigenvalue weighted by Gasteiger charge is -2.18. The van der Waals surface area contributed by atoms with Gasteiger partial charge in [0.15, 0.2) is 0 Å². The van der Waals surface area contributed by atoms with E-state index in [0.717, 1.165) is 5.56 Å². The van der Waals surface area contributed by atoms with Gasteiger partial charge in [-0.1, -0.05) is 19.9 Å². The van der Waals surface area contributed by atoms with E-state index in [4.69, 9.17) is 0 Å². The van der Waals surface area contributed by atoms with Gasteiger partial charge in [0, 0.05) is 24.0 Å². The molecule has 1 aromatic carbocycles. The first-order chi connectivity index (χ1) is 9.52. The zero-order chi connectivity index (χ0) is 14.7. The highest BCUT2D eigenvalue weighted by atomic mass is 19.1. The van der Waals surface area contributed by atoms with Gasteiger partial charge >= 0.3 is 0 Å². The van der Waals surface area contributed by atoms with Crippen LogP contribution in [0.2, 0.25) is 0 Å². The Labute approximate surface area is 118 Å². The van der Waals surface area contributed by atoms with E-state index in [1.54, 1.807) is 0 Å². The van der Waals surface area contributed by atoms with Gasteiger partial charge in [-0.05, 0) is 36.7 Å². The van der Waals surface area contributed by atoms with Crippen molar-refractivity contribution in [3.05, 3.63) is 59.4 Å². The predicted octanol–water partition coefficient (Wildman–Crippen LogP) is 3.73. The molecule has 1 unspecified atom stereocenters. The van der Waals surface area contributed by atoms with Crippen LogP contribution in [0, 0.1) is 17.6 Å². The van der Waals surface area contributed by atoms with Crippen LogP contribution in [0.15, 0.2) is 36.7 Å². The zero-order valence-corrected chi connectivity index (χ0v) is 12.0. The Balaban J connectivity index is 2.22. The van der Waals surface area contributed by atoms with Crippen molar-refractivity contribution in [3.63, 3.8) is 0 Å². The molecule has 1 atom stereocenters. The number of rotatable bonds is 5. The summed E-state index contributed by atoms with van der Waals surface area (Å²) in [6.45, 7) is 4.47. The van der Waals surface area contributed by atoms with E-state index >= 15 is 0 Å². The number of hydrogen-bond donors (Lipinski definition) is 1. The lowest BCUT2D eigenvalue weighted by Crippen LogP contribution is -2.21. The van der Waals surface area contributed by atoms with Gasteiger partial charge in [-0.15, -0.1) is 0 Å². The van der Waals surface area contributed by atoms with Crippen molar-refractivity contribution in [2.75, 3.05) is 7.05 Å². The molecule has 0 aliphatic heterocycles.